The zero-order valence-electron chi connectivity index (χ0n) is 25.8. The maximum Gasteiger partial charge on any atom is 0.293 e. The Labute approximate surface area is 241 Å². The Balaban J connectivity index is 0.00000150. The number of ether oxygens (including phenoxy) is 1. The van der Waals surface area contributed by atoms with Gasteiger partial charge in [0.25, 0.3) is 5.56 Å². The molecule has 1 fully saturated rings. The number of nitrogens with zero attached hydrogens (tertiary/aromatic N) is 4. The molecule has 0 aromatic carbocycles. The van der Waals surface area contributed by atoms with E-state index in [1.807, 2.05) is 58.2 Å². The Hall–Kier alpha value is -2.81. The smallest absolute Gasteiger partial charge is 0.293 e. The molecular formula is C32H53N5O3. The number of aromatic nitrogens is 3. The largest absolute Gasteiger partial charge is 0.397 e. The number of allylic oxidation sites excluding steroid dienone is 5. The molecule has 40 heavy (non-hydrogen) atoms. The minimum absolute atomic E-state index is 0.131. The highest BCUT2D eigenvalue weighted by molar-refractivity contribution is 5.81. The summed E-state index contributed by atoms with van der Waals surface area (Å²) in [5, 5.41) is 10.9. The van der Waals surface area contributed by atoms with Gasteiger partial charge in [-0.3, -0.25) is 9.36 Å². The highest BCUT2D eigenvalue weighted by atomic mass is 16.5. The molecule has 0 atom stereocenters. The number of hydrogen-bond acceptors (Lipinski definition) is 7. The molecule has 224 valence electrons. The van der Waals surface area contributed by atoms with Gasteiger partial charge in [0, 0.05) is 38.1 Å². The molecule has 1 aliphatic rings. The molecule has 0 unspecified atom stereocenters. The van der Waals surface area contributed by atoms with Crippen molar-refractivity contribution in [3.63, 3.8) is 0 Å². The number of aliphatic hydroxyl groups excluding tert-OH is 1. The van der Waals surface area contributed by atoms with E-state index in [0.29, 0.717) is 37.8 Å². The maximum atomic E-state index is 13.4. The number of rotatable bonds is 13. The predicted molar refractivity (Wildman–Crippen MR) is 170 cm³/mol. The topological polar surface area (TPSA) is 92.5 Å². The van der Waals surface area contributed by atoms with Gasteiger partial charge in [0.2, 0.25) is 0 Å². The van der Waals surface area contributed by atoms with Crippen LogP contribution < -0.4 is 10.9 Å². The van der Waals surface area contributed by atoms with E-state index < -0.39 is 0 Å². The summed E-state index contributed by atoms with van der Waals surface area (Å²) >= 11 is 0. The molecule has 2 aromatic rings. The van der Waals surface area contributed by atoms with E-state index >= 15 is 0 Å². The van der Waals surface area contributed by atoms with Crippen LogP contribution in [0.4, 0.5) is 5.82 Å². The van der Waals surface area contributed by atoms with Crippen LogP contribution in [0.3, 0.4) is 0 Å². The number of pyridine rings is 1. The van der Waals surface area contributed by atoms with Crippen molar-refractivity contribution < 1.29 is 9.84 Å². The second-order valence-corrected chi connectivity index (χ2v) is 9.52. The zero-order chi connectivity index (χ0) is 29.8. The fourth-order valence-corrected chi connectivity index (χ4v) is 4.30. The third-order valence-electron chi connectivity index (χ3n) is 6.20. The van der Waals surface area contributed by atoms with Gasteiger partial charge >= 0.3 is 0 Å². The van der Waals surface area contributed by atoms with Crippen LogP contribution >= 0.6 is 0 Å². The van der Waals surface area contributed by atoms with Crippen molar-refractivity contribution in [2.24, 2.45) is 0 Å². The monoisotopic (exact) mass is 555 g/mol. The normalized spacial score (nSPS) is 13.9. The lowest BCUT2D eigenvalue weighted by molar-refractivity contribution is 0.127. The van der Waals surface area contributed by atoms with E-state index in [1.165, 1.54) is 32.4 Å². The minimum Gasteiger partial charge on any atom is -0.397 e. The number of anilines is 1. The Morgan fingerprint density at radius 2 is 1.85 bits per heavy atom. The van der Waals surface area contributed by atoms with Gasteiger partial charge in [0.15, 0.2) is 11.5 Å². The van der Waals surface area contributed by atoms with Crippen molar-refractivity contribution >= 4 is 22.6 Å². The summed E-state index contributed by atoms with van der Waals surface area (Å²) in [6.45, 7) is 21.6. The van der Waals surface area contributed by atoms with E-state index in [2.05, 4.69) is 33.7 Å². The Morgan fingerprint density at radius 3 is 2.48 bits per heavy atom. The molecule has 0 saturated carbocycles. The third kappa shape index (κ3) is 12.1. The molecule has 3 heterocycles. The molecule has 0 amide bonds. The third-order valence-corrected chi connectivity index (χ3v) is 6.20. The SMILES string of the molecule is C=C(C)/C=C\C(=C/C)c1cnc2nc(NCCCN3CCCCC3)c(=O)n(CCOCCC)c2c1.CC.CCO. The highest BCUT2D eigenvalue weighted by Gasteiger charge is 2.14. The fraction of sp³-hybridized carbons (Fsp3) is 0.594. The van der Waals surface area contributed by atoms with Crippen LogP contribution in [0.25, 0.3) is 16.7 Å². The summed E-state index contributed by atoms with van der Waals surface area (Å²) in [7, 11) is 0. The summed E-state index contributed by atoms with van der Waals surface area (Å²) in [5.41, 5.74) is 4.07. The minimum atomic E-state index is -0.131. The first-order chi connectivity index (χ1) is 19.4. The molecule has 0 radical (unpaired) electrons. The van der Waals surface area contributed by atoms with Gasteiger partial charge in [-0.25, -0.2) is 9.97 Å². The standard InChI is InChI=1S/C28H41N5O2.C2H6O.C2H6/c1-5-18-35-19-17-33-25-20-24(23(6-2)12-11-22(3)4)21-30-26(25)31-27(28(33)34)29-13-10-16-32-14-8-7-9-15-32;1-2-3;1-2/h6,11-12,20-21H,3,5,7-10,13-19H2,1-2,4H3,(H,29,30,31);3H,2H2,1H3;1-2H3/b12-11-,23-6+;;. The second-order valence-electron chi connectivity index (χ2n) is 9.52. The van der Waals surface area contributed by atoms with Crippen molar-refractivity contribution in [1.82, 2.24) is 19.4 Å². The van der Waals surface area contributed by atoms with Crippen molar-refractivity contribution in [2.75, 3.05) is 51.3 Å². The van der Waals surface area contributed by atoms with Gasteiger partial charge in [-0.1, -0.05) is 57.6 Å². The Bertz CT molecular complexity index is 1120. The number of fused-ring (bicyclic) bond motifs is 1. The molecule has 8 nitrogen and oxygen atoms in total. The van der Waals surface area contributed by atoms with Crippen LogP contribution in [0.5, 0.6) is 0 Å². The number of aliphatic hydroxyl groups is 1. The summed E-state index contributed by atoms with van der Waals surface area (Å²) in [5.74, 6) is 0.361. The van der Waals surface area contributed by atoms with Crippen LogP contribution in [0.2, 0.25) is 0 Å². The van der Waals surface area contributed by atoms with Crippen LogP contribution in [0, 0.1) is 0 Å². The van der Waals surface area contributed by atoms with Gasteiger partial charge in [-0.15, -0.1) is 0 Å². The van der Waals surface area contributed by atoms with Crippen LogP contribution in [-0.4, -0.2) is 70.5 Å². The Morgan fingerprint density at radius 1 is 1.15 bits per heavy atom. The molecular weight excluding hydrogens is 502 g/mol. The average molecular weight is 556 g/mol. The number of nitrogens with one attached hydrogen (secondary N) is 1. The lowest BCUT2D eigenvalue weighted by atomic mass is 10.1. The first-order valence-electron chi connectivity index (χ1n) is 15.0. The predicted octanol–water partition coefficient (Wildman–Crippen LogP) is 6.07. The molecule has 0 bridgehead atoms. The molecule has 2 aromatic heterocycles. The van der Waals surface area contributed by atoms with Crippen LogP contribution in [-0.2, 0) is 11.3 Å². The number of likely N-dealkylation sites (tertiary alicyclic amines) is 1. The summed E-state index contributed by atoms with van der Waals surface area (Å²) < 4.78 is 7.45. The maximum absolute atomic E-state index is 13.4. The number of piperidine rings is 1. The van der Waals surface area contributed by atoms with Crippen LogP contribution in [0.1, 0.15) is 79.2 Å². The molecule has 3 rings (SSSR count). The van der Waals surface area contributed by atoms with Crippen LogP contribution in [0.15, 0.2) is 47.4 Å². The lowest BCUT2D eigenvalue weighted by Gasteiger charge is -2.26. The van der Waals surface area contributed by atoms with Gasteiger partial charge in [-0.05, 0) is 77.7 Å². The second kappa shape index (κ2) is 21.0. The van der Waals surface area contributed by atoms with Gasteiger partial charge < -0.3 is 20.1 Å². The first-order valence-corrected chi connectivity index (χ1v) is 15.0. The fourth-order valence-electron chi connectivity index (χ4n) is 4.30. The van der Waals surface area contributed by atoms with Crippen molar-refractivity contribution in [3.8, 4) is 0 Å². The van der Waals surface area contributed by atoms with E-state index in [1.54, 1.807) is 11.5 Å². The summed E-state index contributed by atoms with van der Waals surface area (Å²) in [6, 6.07) is 1.99. The summed E-state index contributed by atoms with van der Waals surface area (Å²) in [4.78, 5) is 25.2. The quantitative estimate of drug-likeness (QED) is 0.229. The molecule has 1 saturated heterocycles. The van der Waals surface area contributed by atoms with Gasteiger partial charge in [-0.2, -0.15) is 0 Å². The van der Waals surface area contributed by atoms with Crippen molar-refractivity contribution in [3.05, 3.63) is 58.6 Å². The van der Waals surface area contributed by atoms with Crippen molar-refractivity contribution in [2.45, 2.75) is 80.2 Å². The van der Waals surface area contributed by atoms with E-state index in [0.717, 1.165) is 41.6 Å². The van der Waals surface area contributed by atoms with E-state index in [4.69, 9.17) is 9.84 Å². The zero-order valence-corrected chi connectivity index (χ0v) is 25.8. The molecule has 0 spiro atoms. The first kappa shape index (κ1) is 35.2. The molecule has 0 aliphatic carbocycles. The number of hydrogen-bond donors (Lipinski definition) is 2. The molecule has 8 heteroatoms. The average Bonchev–Trinajstić information content (AvgIpc) is 2.97. The van der Waals surface area contributed by atoms with E-state index in [-0.39, 0.29) is 12.2 Å². The summed E-state index contributed by atoms with van der Waals surface area (Å²) in [6.07, 6.45) is 13.7. The van der Waals surface area contributed by atoms with E-state index in [9.17, 15) is 4.79 Å². The highest BCUT2D eigenvalue weighted by Crippen LogP contribution is 2.20. The molecule has 1 aliphatic heterocycles. The lowest BCUT2D eigenvalue weighted by Crippen LogP contribution is -2.32. The van der Waals surface area contributed by atoms with Gasteiger partial charge in [0.1, 0.15) is 0 Å². The Kier molecular flexibility index (Phi) is 18.5. The van der Waals surface area contributed by atoms with Crippen molar-refractivity contribution in [1.29, 1.82) is 0 Å². The van der Waals surface area contributed by atoms with Gasteiger partial charge in [0.05, 0.1) is 12.1 Å². The molecule has 2 N–H and O–H groups in total.